The molecular weight excluding hydrogens is 461 g/mol. The molecule has 13 heteroatoms. The summed E-state index contributed by atoms with van der Waals surface area (Å²) in [5.74, 6) is 0. The molecule has 4 heterocycles. The molecule has 3 aromatic rings. The molecule has 29 heavy (non-hydrogen) atoms. The molecule has 3 N–H and O–H groups in total. The smallest absolute Gasteiger partial charge is 0.147 e. The van der Waals surface area contributed by atoms with Gasteiger partial charge in [0.25, 0.3) is 0 Å². The van der Waals surface area contributed by atoms with E-state index in [0.29, 0.717) is 25.8 Å². The van der Waals surface area contributed by atoms with E-state index in [1.54, 1.807) is 23.8 Å². The summed E-state index contributed by atoms with van der Waals surface area (Å²) in [7, 11) is 0. The highest BCUT2D eigenvalue weighted by molar-refractivity contribution is 7.99. The summed E-state index contributed by atoms with van der Waals surface area (Å²) in [6.07, 6.45) is 1.35. The number of thiazole rings is 1. The van der Waals surface area contributed by atoms with Gasteiger partial charge in [-0.2, -0.15) is 0 Å². The van der Waals surface area contributed by atoms with E-state index >= 15 is 0 Å². The summed E-state index contributed by atoms with van der Waals surface area (Å²) in [6.45, 7) is -0.432. The number of ether oxygens (including phenoxy) is 1. The number of aliphatic hydroxyl groups is 3. The molecule has 4 rings (SSSR count). The Kier molecular flexibility index (Phi) is 6.37. The molecule has 154 valence electrons. The van der Waals surface area contributed by atoms with Gasteiger partial charge in [-0.15, -0.1) is 16.4 Å². The maximum atomic E-state index is 10.9. The molecule has 1 aliphatic heterocycles. The Hall–Kier alpha value is -1.31. The Morgan fingerprint density at radius 3 is 2.76 bits per heavy atom. The van der Waals surface area contributed by atoms with Crippen molar-refractivity contribution in [2.45, 2.75) is 34.7 Å². The van der Waals surface area contributed by atoms with Crippen molar-refractivity contribution in [3.05, 3.63) is 40.2 Å². The molecule has 0 saturated carbocycles. The second-order valence-corrected chi connectivity index (χ2v) is 9.07. The van der Waals surface area contributed by atoms with Crippen molar-refractivity contribution in [1.82, 2.24) is 25.0 Å². The van der Waals surface area contributed by atoms with E-state index in [0.717, 1.165) is 0 Å². The van der Waals surface area contributed by atoms with E-state index in [2.05, 4.69) is 20.3 Å². The van der Waals surface area contributed by atoms with Crippen LogP contribution in [0.25, 0.3) is 10.7 Å². The van der Waals surface area contributed by atoms with Crippen LogP contribution in [-0.4, -0.2) is 70.6 Å². The van der Waals surface area contributed by atoms with Crippen LogP contribution in [-0.2, 0) is 4.74 Å². The van der Waals surface area contributed by atoms with Gasteiger partial charge in [0.15, 0.2) is 0 Å². The van der Waals surface area contributed by atoms with E-state index in [9.17, 15) is 15.3 Å². The third kappa shape index (κ3) is 4.42. The largest absolute Gasteiger partial charge is 0.394 e. The van der Waals surface area contributed by atoms with E-state index in [-0.39, 0.29) is 0 Å². The lowest BCUT2D eigenvalue weighted by Gasteiger charge is -2.41. The molecule has 1 aliphatic rings. The molecular formula is C16H15Cl2N5O4S2. The molecule has 0 amide bonds. The first-order chi connectivity index (χ1) is 14.0. The van der Waals surface area contributed by atoms with Crippen LogP contribution >= 0.6 is 46.3 Å². The monoisotopic (exact) mass is 475 g/mol. The number of pyridine rings is 1. The number of nitrogens with zero attached hydrogens (tertiary/aromatic N) is 5. The van der Waals surface area contributed by atoms with Gasteiger partial charge in [0.2, 0.25) is 0 Å². The summed E-state index contributed by atoms with van der Waals surface area (Å²) in [5.41, 5.74) is -0.348. The van der Waals surface area contributed by atoms with Crippen LogP contribution in [0.4, 0.5) is 0 Å². The Morgan fingerprint density at radius 1 is 1.24 bits per heavy atom. The second kappa shape index (κ2) is 8.82. The predicted molar refractivity (Wildman–Crippen MR) is 108 cm³/mol. The van der Waals surface area contributed by atoms with Crippen LogP contribution in [0.15, 0.2) is 34.9 Å². The van der Waals surface area contributed by atoms with Crippen molar-refractivity contribution < 1.29 is 20.1 Å². The molecule has 0 aromatic carbocycles. The van der Waals surface area contributed by atoms with Gasteiger partial charge in [0.05, 0.1) is 17.8 Å². The van der Waals surface area contributed by atoms with Crippen LogP contribution in [0.5, 0.6) is 0 Å². The molecule has 0 spiro atoms. The van der Waals surface area contributed by atoms with Gasteiger partial charge in [0.1, 0.15) is 45.6 Å². The molecule has 1 fully saturated rings. The number of aromatic nitrogens is 5. The molecule has 5 unspecified atom stereocenters. The SMILES string of the molecule is OCC1OC(Sc2cncc(Cl)c2)C(O)C(n2cc(-c3nc(Cl)cs3)nn2)C1O. The standard InChI is InChI=1S/C16H15Cl2N5O4S2/c17-7-1-8(3-19-2-7)29-16-14(26)12(13(25)10(5-24)27-16)23-4-9(21-22-23)15-20-11(18)6-28-15/h1-4,6,10,12-14,16,24-26H,5H2. The third-order valence-electron chi connectivity index (χ3n) is 4.29. The highest BCUT2D eigenvalue weighted by Crippen LogP contribution is 2.38. The Morgan fingerprint density at radius 2 is 2.07 bits per heavy atom. The molecule has 1 saturated heterocycles. The zero-order chi connectivity index (χ0) is 20.5. The van der Waals surface area contributed by atoms with Gasteiger partial charge in [0, 0.05) is 22.7 Å². The zero-order valence-corrected chi connectivity index (χ0v) is 17.7. The third-order valence-corrected chi connectivity index (χ3v) is 6.80. The first-order valence-electron chi connectivity index (χ1n) is 8.39. The first-order valence-corrected chi connectivity index (χ1v) is 10.9. The quantitative estimate of drug-likeness (QED) is 0.506. The van der Waals surface area contributed by atoms with Crippen LogP contribution in [0, 0.1) is 0 Å². The van der Waals surface area contributed by atoms with Crippen molar-refractivity contribution >= 4 is 46.3 Å². The normalized spacial score (nSPS) is 27.3. The fourth-order valence-electron chi connectivity index (χ4n) is 2.96. The number of thioether (sulfide) groups is 1. The minimum Gasteiger partial charge on any atom is -0.394 e. The van der Waals surface area contributed by atoms with Crippen LogP contribution in [0.1, 0.15) is 6.04 Å². The Balaban J connectivity index is 1.61. The van der Waals surface area contributed by atoms with Gasteiger partial charge in [-0.05, 0) is 6.07 Å². The highest BCUT2D eigenvalue weighted by atomic mass is 35.5. The predicted octanol–water partition coefficient (Wildman–Crippen LogP) is 1.88. The first kappa shape index (κ1) is 20.9. The Bertz CT molecular complexity index is 990. The molecule has 0 aliphatic carbocycles. The lowest BCUT2D eigenvalue weighted by molar-refractivity contribution is -0.178. The summed E-state index contributed by atoms with van der Waals surface area (Å²) in [6, 6.07) is 0.783. The van der Waals surface area contributed by atoms with Gasteiger partial charge in [-0.1, -0.05) is 40.2 Å². The summed E-state index contributed by atoms with van der Waals surface area (Å²) < 4.78 is 7.06. The summed E-state index contributed by atoms with van der Waals surface area (Å²) in [5, 5.41) is 42.3. The maximum absolute atomic E-state index is 10.9. The highest BCUT2D eigenvalue weighted by Gasteiger charge is 2.46. The van der Waals surface area contributed by atoms with E-state index in [1.165, 1.54) is 34.0 Å². The van der Waals surface area contributed by atoms with E-state index in [1.807, 2.05) is 0 Å². The van der Waals surface area contributed by atoms with Crippen molar-refractivity contribution in [2.75, 3.05) is 6.61 Å². The minimum atomic E-state index is -1.21. The fraction of sp³-hybridized carbons (Fsp3) is 0.375. The number of rotatable bonds is 5. The summed E-state index contributed by atoms with van der Waals surface area (Å²) >= 11 is 14.3. The van der Waals surface area contributed by atoms with E-state index < -0.39 is 36.4 Å². The average molecular weight is 476 g/mol. The number of halogens is 2. The van der Waals surface area contributed by atoms with Gasteiger partial charge in [-0.3, -0.25) is 4.98 Å². The fourth-order valence-corrected chi connectivity index (χ4v) is 5.18. The topological polar surface area (TPSA) is 126 Å². The van der Waals surface area contributed by atoms with Crippen molar-refractivity contribution in [2.24, 2.45) is 0 Å². The van der Waals surface area contributed by atoms with Crippen molar-refractivity contribution in [3.63, 3.8) is 0 Å². The van der Waals surface area contributed by atoms with E-state index in [4.69, 9.17) is 27.9 Å². The van der Waals surface area contributed by atoms with Gasteiger partial charge in [-0.25, -0.2) is 9.67 Å². The molecule has 5 atom stereocenters. The van der Waals surface area contributed by atoms with Crippen LogP contribution in [0.2, 0.25) is 10.2 Å². The lowest BCUT2D eigenvalue weighted by atomic mass is 9.97. The number of hydrogen-bond donors (Lipinski definition) is 3. The number of hydrogen-bond acceptors (Lipinski definition) is 10. The molecule has 9 nitrogen and oxygen atoms in total. The van der Waals surface area contributed by atoms with Gasteiger partial charge >= 0.3 is 0 Å². The minimum absolute atomic E-state index is 0.345. The van der Waals surface area contributed by atoms with Crippen LogP contribution < -0.4 is 0 Å². The molecule has 0 radical (unpaired) electrons. The lowest BCUT2D eigenvalue weighted by Crippen LogP contribution is -2.55. The van der Waals surface area contributed by atoms with Gasteiger partial charge < -0.3 is 20.1 Å². The molecule has 0 bridgehead atoms. The Labute approximate surface area is 183 Å². The van der Waals surface area contributed by atoms with Crippen LogP contribution in [0.3, 0.4) is 0 Å². The molecule has 3 aromatic heterocycles. The maximum Gasteiger partial charge on any atom is 0.147 e. The average Bonchev–Trinajstić information content (AvgIpc) is 3.33. The number of aliphatic hydroxyl groups excluding tert-OH is 3. The summed E-state index contributed by atoms with van der Waals surface area (Å²) in [4.78, 5) is 8.83. The van der Waals surface area contributed by atoms with Crippen molar-refractivity contribution in [3.8, 4) is 10.7 Å². The second-order valence-electron chi connectivity index (χ2n) is 6.21. The zero-order valence-electron chi connectivity index (χ0n) is 14.5. The van der Waals surface area contributed by atoms with Crippen molar-refractivity contribution in [1.29, 1.82) is 0 Å².